The number of ether oxygens (including phenoxy) is 1. The molecule has 27 heavy (non-hydrogen) atoms. The second-order valence-corrected chi connectivity index (χ2v) is 6.92. The van der Waals surface area contributed by atoms with Crippen molar-refractivity contribution in [2.75, 3.05) is 18.6 Å². The summed E-state index contributed by atoms with van der Waals surface area (Å²) in [5, 5.41) is 12.1. The molecular formula is C20H20N4O2S. The van der Waals surface area contributed by atoms with Crippen LogP contribution in [-0.4, -0.2) is 34.5 Å². The zero-order chi connectivity index (χ0) is 19.1. The minimum absolute atomic E-state index is 0.158. The van der Waals surface area contributed by atoms with Gasteiger partial charge in [-0.3, -0.25) is 4.79 Å². The third-order valence-electron chi connectivity index (χ3n) is 4.05. The van der Waals surface area contributed by atoms with Gasteiger partial charge in [0.15, 0.2) is 6.61 Å². The van der Waals surface area contributed by atoms with Crippen LogP contribution in [0.1, 0.15) is 23.9 Å². The highest BCUT2D eigenvalue weighted by Crippen LogP contribution is 2.20. The number of aromatic nitrogens is 2. The summed E-state index contributed by atoms with van der Waals surface area (Å²) in [5.41, 5.74) is 2.21. The Hall–Kier alpha value is -2.98. The number of thioether (sulfide) groups is 1. The minimum Gasteiger partial charge on any atom is -0.482 e. The molecule has 0 spiro atoms. The number of para-hydroxylation sites is 3. The molecule has 3 rings (SSSR count). The monoisotopic (exact) mass is 380 g/mol. The number of carbonyl (C=O) groups excluding carboxylic acids is 1. The summed E-state index contributed by atoms with van der Waals surface area (Å²) in [4.78, 5) is 20.3. The lowest BCUT2D eigenvalue weighted by Gasteiger charge is -2.16. The molecule has 0 aliphatic rings. The molecule has 1 heterocycles. The van der Waals surface area contributed by atoms with E-state index in [2.05, 4.69) is 21.4 Å². The van der Waals surface area contributed by atoms with Crippen LogP contribution in [0.3, 0.4) is 0 Å². The lowest BCUT2D eigenvalue weighted by atomic mass is 10.2. The maximum absolute atomic E-state index is 12.4. The molecule has 1 amide bonds. The Morgan fingerprint density at radius 3 is 2.85 bits per heavy atom. The maximum Gasteiger partial charge on any atom is 0.258 e. The van der Waals surface area contributed by atoms with Crippen LogP contribution in [0, 0.1) is 11.3 Å². The number of hydrogen-bond donors (Lipinski definition) is 2. The molecule has 6 nitrogen and oxygen atoms in total. The van der Waals surface area contributed by atoms with E-state index in [0.29, 0.717) is 11.3 Å². The highest BCUT2D eigenvalue weighted by Gasteiger charge is 2.18. The first-order valence-corrected chi connectivity index (χ1v) is 9.95. The first-order chi connectivity index (χ1) is 13.2. The smallest absolute Gasteiger partial charge is 0.258 e. The normalized spacial score (nSPS) is 11.7. The molecule has 0 bridgehead atoms. The number of fused-ring (bicyclic) bond motifs is 1. The molecule has 0 saturated heterocycles. The first kappa shape index (κ1) is 18.8. The number of H-pyrrole nitrogens is 1. The largest absolute Gasteiger partial charge is 0.482 e. The Labute approximate surface area is 161 Å². The Morgan fingerprint density at radius 1 is 1.30 bits per heavy atom. The summed E-state index contributed by atoms with van der Waals surface area (Å²) in [7, 11) is 0. The van der Waals surface area contributed by atoms with E-state index in [1.54, 1.807) is 36.0 Å². The fourth-order valence-corrected chi connectivity index (χ4v) is 3.19. The highest BCUT2D eigenvalue weighted by atomic mass is 32.2. The predicted octanol–water partition coefficient (Wildman–Crippen LogP) is 3.42. The summed E-state index contributed by atoms with van der Waals surface area (Å²) in [6.07, 6.45) is 2.78. The van der Waals surface area contributed by atoms with Crippen LogP contribution in [0.25, 0.3) is 11.0 Å². The van der Waals surface area contributed by atoms with Crippen molar-refractivity contribution in [2.45, 2.75) is 12.5 Å². The molecule has 0 aliphatic carbocycles. The standard InChI is InChI=1S/C20H20N4O2S/c1-27-11-10-17(20-23-15-7-3-4-8-16(15)24-20)22-19(25)13-26-18-9-5-2-6-14(18)12-21/h2-9,17H,10-11,13H2,1H3,(H,22,25)(H,23,24)/t17-/m0/s1. The summed E-state index contributed by atoms with van der Waals surface area (Å²) in [5.74, 6) is 1.77. The van der Waals surface area contributed by atoms with Crippen molar-refractivity contribution in [1.29, 1.82) is 5.26 Å². The number of benzene rings is 2. The van der Waals surface area contributed by atoms with Crippen LogP contribution < -0.4 is 10.1 Å². The number of nitrogens with one attached hydrogen (secondary N) is 2. The number of amides is 1. The fourth-order valence-electron chi connectivity index (χ4n) is 2.71. The number of rotatable bonds is 8. The van der Waals surface area contributed by atoms with Gasteiger partial charge in [-0.25, -0.2) is 4.98 Å². The summed E-state index contributed by atoms with van der Waals surface area (Å²) < 4.78 is 5.52. The first-order valence-electron chi connectivity index (χ1n) is 8.56. The molecule has 2 aromatic carbocycles. The molecule has 1 aromatic heterocycles. The van der Waals surface area contributed by atoms with Crippen molar-refractivity contribution in [1.82, 2.24) is 15.3 Å². The van der Waals surface area contributed by atoms with E-state index in [0.717, 1.165) is 29.0 Å². The predicted molar refractivity (Wildman–Crippen MR) is 107 cm³/mol. The third-order valence-corrected chi connectivity index (χ3v) is 4.69. The van der Waals surface area contributed by atoms with Gasteiger partial charge in [0, 0.05) is 0 Å². The summed E-state index contributed by atoms with van der Waals surface area (Å²) >= 11 is 1.71. The van der Waals surface area contributed by atoms with Crippen LogP contribution >= 0.6 is 11.8 Å². The van der Waals surface area contributed by atoms with Crippen LogP contribution in [0.2, 0.25) is 0 Å². The SMILES string of the molecule is CSCC[C@H](NC(=O)COc1ccccc1C#N)c1nc2ccccc2[nH]1. The van der Waals surface area contributed by atoms with Gasteiger partial charge >= 0.3 is 0 Å². The number of nitrogens with zero attached hydrogens (tertiary/aromatic N) is 2. The zero-order valence-electron chi connectivity index (χ0n) is 14.9. The topological polar surface area (TPSA) is 90.8 Å². The van der Waals surface area contributed by atoms with Gasteiger partial charge in [0.05, 0.1) is 22.6 Å². The van der Waals surface area contributed by atoms with Crippen molar-refractivity contribution < 1.29 is 9.53 Å². The molecule has 0 saturated carbocycles. The number of nitriles is 1. The van der Waals surface area contributed by atoms with Crippen LogP contribution in [0.5, 0.6) is 5.75 Å². The maximum atomic E-state index is 12.4. The van der Waals surface area contributed by atoms with Gasteiger partial charge in [-0.2, -0.15) is 17.0 Å². The molecule has 0 radical (unpaired) electrons. The van der Waals surface area contributed by atoms with Crippen LogP contribution in [-0.2, 0) is 4.79 Å². The molecular weight excluding hydrogens is 360 g/mol. The number of imidazole rings is 1. The molecule has 138 valence electrons. The third kappa shape index (κ3) is 4.80. The quantitative estimate of drug-likeness (QED) is 0.625. The molecule has 1 atom stereocenters. The van der Waals surface area contributed by atoms with Gasteiger partial charge in [0.1, 0.15) is 17.6 Å². The van der Waals surface area contributed by atoms with Gasteiger partial charge in [0.25, 0.3) is 5.91 Å². The van der Waals surface area contributed by atoms with E-state index < -0.39 is 0 Å². The van der Waals surface area contributed by atoms with Crippen LogP contribution in [0.15, 0.2) is 48.5 Å². The zero-order valence-corrected chi connectivity index (χ0v) is 15.8. The number of aromatic amines is 1. The molecule has 0 fully saturated rings. The lowest BCUT2D eigenvalue weighted by molar-refractivity contribution is -0.123. The van der Waals surface area contributed by atoms with Gasteiger partial charge in [-0.15, -0.1) is 0 Å². The lowest BCUT2D eigenvalue weighted by Crippen LogP contribution is -2.33. The molecule has 0 aliphatic heterocycles. The average molecular weight is 380 g/mol. The van der Waals surface area contributed by atoms with Gasteiger partial charge in [-0.05, 0) is 42.7 Å². The van der Waals surface area contributed by atoms with E-state index in [1.807, 2.05) is 30.5 Å². The average Bonchev–Trinajstić information content (AvgIpc) is 3.13. The van der Waals surface area contributed by atoms with E-state index in [4.69, 9.17) is 10.00 Å². The number of carbonyl (C=O) groups is 1. The Bertz CT molecular complexity index is 931. The van der Waals surface area contributed by atoms with Crippen LogP contribution in [0.4, 0.5) is 0 Å². The van der Waals surface area contributed by atoms with Gasteiger partial charge < -0.3 is 15.0 Å². The summed E-state index contributed by atoms with van der Waals surface area (Å²) in [6.45, 7) is -0.158. The second kappa shape index (κ2) is 9.10. The molecule has 0 unspecified atom stereocenters. The van der Waals surface area contributed by atoms with Crippen molar-refractivity contribution in [3.05, 3.63) is 59.9 Å². The van der Waals surface area contributed by atoms with Crippen molar-refractivity contribution in [2.24, 2.45) is 0 Å². The van der Waals surface area contributed by atoms with E-state index in [1.165, 1.54) is 0 Å². The second-order valence-electron chi connectivity index (χ2n) is 5.94. The number of hydrogen-bond acceptors (Lipinski definition) is 5. The molecule has 2 N–H and O–H groups in total. The van der Waals surface area contributed by atoms with Crippen molar-refractivity contribution >= 4 is 28.7 Å². The van der Waals surface area contributed by atoms with E-state index >= 15 is 0 Å². The fraction of sp³-hybridized carbons (Fsp3) is 0.250. The molecule has 7 heteroatoms. The Kier molecular flexibility index (Phi) is 6.34. The van der Waals surface area contributed by atoms with Crippen molar-refractivity contribution in [3.8, 4) is 11.8 Å². The highest BCUT2D eigenvalue weighted by molar-refractivity contribution is 7.98. The van der Waals surface area contributed by atoms with E-state index in [9.17, 15) is 4.79 Å². The Balaban J connectivity index is 1.68. The van der Waals surface area contributed by atoms with E-state index in [-0.39, 0.29) is 18.6 Å². The summed E-state index contributed by atoms with van der Waals surface area (Å²) in [6, 6.07) is 16.5. The van der Waals surface area contributed by atoms with Crippen molar-refractivity contribution in [3.63, 3.8) is 0 Å². The molecule has 3 aromatic rings. The minimum atomic E-state index is -0.255. The Morgan fingerprint density at radius 2 is 2.07 bits per heavy atom. The van der Waals surface area contributed by atoms with Gasteiger partial charge in [-0.1, -0.05) is 24.3 Å². The van der Waals surface area contributed by atoms with Gasteiger partial charge in [0.2, 0.25) is 0 Å².